The first-order chi connectivity index (χ1) is 18.7. The molecule has 8 heteroatoms. The van der Waals surface area contributed by atoms with Crippen molar-refractivity contribution in [3.05, 3.63) is 94.8 Å². The summed E-state index contributed by atoms with van der Waals surface area (Å²) in [6.07, 6.45) is -2.99. The number of carbonyl (C=O) groups excluding carboxylic acids is 2. The predicted molar refractivity (Wildman–Crippen MR) is 137 cm³/mol. The number of halogens is 4. The number of piperidine rings is 1. The maximum atomic E-state index is 13.8. The van der Waals surface area contributed by atoms with E-state index in [1.807, 2.05) is 24.3 Å². The number of nitrogens with zero attached hydrogens (tertiary/aromatic N) is 1. The van der Waals surface area contributed by atoms with Gasteiger partial charge in [0.1, 0.15) is 18.2 Å². The van der Waals surface area contributed by atoms with Gasteiger partial charge < -0.3 is 9.64 Å². The highest BCUT2D eigenvalue weighted by Crippen LogP contribution is 2.45. The molecule has 3 aromatic rings. The molecule has 2 bridgehead atoms. The van der Waals surface area contributed by atoms with Crippen molar-refractivity contribution in [2.24, 2.45) is 5.92 Å². The number of ether oxygens (including phenoxy) is 1. The van der Waals surface area contributed by atoms with Crippen LogP contribution in [-0.4, -0.2) is 35.5 Å². The molecule has 2 aliphatic heterocycles. The zero-order chi connectivity index (χ0) is 27.3. The Morgan fingerprint density at radius 1 is 0.872 bits per heavy atom. The van der Waals surface area contributed by atoms with E-state index in [2.05, 4.69) is 24.3 Å². The van der Waals surface area contributed by atoms with Crippen LogP contribution in [0.5, 0.6) is 0 Å². The number of hydrogen-bond acceptors (Lipinski definition) is 3. The molecule has 3 aromatic carbocycles. The Bertz CT molecular complexity index is 1380. The zero-order valence-corrected chi connectivity index (χ0v) is 21.1. The average Bonchev–Trinajstić information content (AvgIpc) is 3.36. The van der Waals surface area contributed by atoms with Crippen LogP contribution in [0.15, 0.2) is 66.7 Å². The van der Waals surface area contributed by atoms with Crippen LogP contribution in [0.2, 0.25) is 0 Å². The Morgan fingerprint density at radius 3 is 2.05 bits per heavy atom. The number of ketones is 1. The second-order valence-electron chi connectivity index (χ2n) is 10.8. The molecular formula is C31H27F4NO3. The lowest BCUT2D eigenvalue weighted by Crippen LogP contribution is -2.48. The lowest BCUT2D eigenvalue weighted by Gasteiger charge is -2.37. The molecule has 1 aliphatic carbocycles. The quantitative estimate of drug-likeness (QED) is 0.325. The van der Waals surface area contributed by atoms with Crippen molar-refractivity contribution in [2.45, 2.75) is 56.3 Å². The minimum atomic E-state index is -4.69. The van der Waals surface area contributed by atoms with Crippen molar-refractivity contribution in [3.8, 4) is 11.1 Å². The third kappa shape index (κ3) is 4.81. The largest absolute Gasteiger partial charge is 0.448 e. The van der Waals surface area contributed by atoms with Crippen molar-refractivity contribution >= 4 is 11.9 Å². The molecule has 0 radical (unpaired) electrons. The summed E-state index contributed by atoms with van der Waals surface area (Å²) >= 11 is 0. The van der Waals surface area contributed by atoms with Gasteiger partial charge in [0.25, 0.3) is 0 Å². The van der Waals surface area contributed by atoms with E-state index < -0.39 is 29.6 Å². The summed E-state index contributed by atoms with van der Waals surface area (Å²) in [6, 6.07) is 18.2. The topological polar surface area (TPSA) is 46.6 Å². The summed E-state index contributed by atoms with van der Waals surface area (Å²) in [6.45, 7) is 0.215. The normalized spacial score (nSPS) is 21.9. The highest BCUT2D eigenvalue weighted by atomic mass is 19.4. The fraction of sp³-hybridized carbons (Fsp3) is 0.355. The molecule has 0 spiro atoms. The molecule has 2 saturated heterocycles. The third-order valence-electron chi connectivity index (χ3n) is 8.40. The standard InChI is InChI=1S/C31H27F4NO3/c32-21-12-18(11-20(16-21)31(33,34)35)13-29(37)19-14-22-9-10-23(15-19)36(22)30(38)39-17-28-26-7-3-1-5-24(26)25-6-2-4-8-27(25)28/h1-8,11-12,16,19,22-23,28H,9-10,13-15,17H2. The van der Waals surface area contributed by atoms with Gasteiger partial charge in [-0.15, -0.1) is 0 Å². The van der Waals surface area contributed by atoms with Gasteiger partial charge >= 0.3 is 12.3 Å². The predicted octanol–water partition coefficient (Wildman–Crippen LogP) is 7.15. The Labute approximate surface area is 223 Å². The fourth-order valence-corrected chi connectivity index (χ4v) is 6.67. The summed E-state index contributed by atoms with van der Waals surface area (Å²) < 4.78 is 58.9. The van der Waals surface area contributed by atoms with Crippen LogP contribution >= 0.6 is 0 Å². The number of carbonyl (C=O) groups is 2. The van der Waals surface area contributed by atoms with E-state index in [0.29, 0.717) is 18.9 Å². The lowest BCUT2D eigenvalue weighted by molar-refractivity contribution is -0.138. The minimum Gasteiger partial charge on any atom is -0.448 e. The molecule has 4 nitrogen and oxygen atoms in total. The van der Waals surface area contributed by atoms with Crippen molar-refractivity contribution < 1.29 is 31.9 Å². The van der Waals surface area contributed by atoms with Gasteiger partial charge in [-0.3, -0.25) is 4.79 Å². The molecule has 2 atom stereocenters. The lowest BCUT2D eigenvalue weighted by atomic mass is 9.85. The van der Waals surface area contributed by atoms with E-state index >= 15 is 0 Å². The zero-order valence-electron chi connectivity index (χ0n) is 21.1. The number of alkyl halides is 3. The Balaban J connectivity index is 1.10. The maximum Gasteiger partial charge on any atom is 0.416 e. The molecule has 0 saturated carbocycles. The molecule has 1 amide bonds. The monoisotopic (exact) mass is 537 g/mol. The van der Waals surface area contributed by atoms with E-state index in [4.69, 9.17) is 4.74 Å². The molecule has 0 N–H and O–H groups in total. The van der Waals surface area contributed by atoms with E-state index in [9.17, 15) is 27.2 Å². The van der Waals surface area contributed by atoms with Crippen LogP contribution in [0.3, 0.4) is 0 Å². The number of hydrogen-bond donors (Lipinski definition) is 0. The molecule has 3 aliphatic rings. The van der Waals surface area contributed by atoms with Crippen LogP contribution < -0.4 is 0 Å². The summed E-state index contributed by atoms with van der Waals surface area (Å²) in [5, 5.41) is 0. The maximum absolute atomic E-state index is 13.8. The first kappa shape index (κ1) is 25.6. The van der Waals surface area contributed by atoms with Gasteiger partial charge in [0, 0.05) is 30.3 Å². The van der Waals surface area contributed by atoms with E-state index in [1.165, 1.54) is 0 Å². The SMILES string of the molecule is O=C(Cc1cc(F)cc(C(F)(F)F)c1)C1CC2CCC(C1)N2C(=O)OCC1c2ccccc2-c2ccccc21. The van der Waals surface area contributed by atoms with Gasteiger partial charge in [0.15, 0.2) is 0 Å². The molecule has 6 rings (SSSR count). The van der Waals surface area contributed by atoms with Crippen LogP contribution in [0, 0.1) is 11.7 Å². The summed E-state index contributed by atoms with van der Waals surface area (Å²) in [5.74, 6) is -1.68. The highest BCUT2D eigenvalue weighted by Gasteiger charge is 2.46. The van der Waals surface area contributed by atoms with Crippen LogP contribution in [0.25, 0.3) is 11.1 Å². The van der Waals surface area contributed by atoms with Crippen molar-refractivity contribution in [3.63, 3.8) is 0 Å². The average molecular weight is 538 g/mol. The van der Waals surface area contributed by atoms with E-state index in [1.54, 1.807) is 4.90 Å². The van der Waals surface area contributed by atoms with Gasteiger partial charge in [-0.1, -0.05) is 48.5 Å². The molecule has 39 heavy (non-hydrogen) atoms. The molecule has 0 aromatic heterocycles. The van der Waals surface area contributed by atoms with E-state index in [0.717, 1.165) is 47.2 Å². The van der Waals surface area contributed by atoms with Gasteiger partial charge in [0.05, 0.1) is 5.56 Å². The number of Topliss-reactive ketones (excluding diaryl/α,β-unsaturated/α-hetero) is 1. The summed E-state index contributed by atoms with van der Waals surface area (Å²) in [5.41, 5.74) is 3.46. The first-order valence-corrected chi connectivity index (χ1v) is 13.2. The van der Waals surface area contributed by atoms with Crippen LogP contribution in [0.4, 0.5) is 22.4 Å². The summed E-state index contributed by atoms with van der Waals surface area (Å²) in [7, 11) is 0. The Hall–Kier alpha value is -3.68. The van der Waals surface area contributed by atoms with Gasteiger partial charge in [-0.2, -0.15) is 13.2 Å². The van der Waals surface area contributed by atoms with Crippen LogP contribution in [0.1, 0.15) is 53.9 Å². The van der Waals surface area contributed by atoms with Gasteiger partial charge in [-0.25, -0.2) is 9.18 Å². The van der Waals surface area contributed by atoms with Crippen molar-refractivity contribution in [1.29, 1.82) is 0 Å². The summed E-state index contributed by atoms with van der Waals surface area (Å²) in [4.78, 5) is 28.0. The molecule has 2 fully saturated rings. The highest BCUT2D eigenvalue weighted by molar-refractivity contribution is 5.84. The van der Waals surface area contributed by atoms with Crippen molar-refractivity contribution in [2.75, 3.05) is 6.61 Å². The molecule has 2 unspecified atom stereocenters. The van der Waals surface area contributed by atoms with E-state index in [-0.39, 0.29) is 42.4 Å². The second-order valence-corrected chi connectivity index (χ2v) is 10.8. The molecular weight excluding hydrogens is 510 g/mol. The van der Waals surface area contributed by atoms with Gasteiger partial charge in [0.2, 0.25) is 0 Å². The van der Waals surface area contributed by atoms with Crippen molar-refractivity contribution in [1.82, 2.24) is 4.90 Å². The Kier molecular flexibility index (Phi) is 6.44. The third-order valence-corrected chi connectivity index (χ3v) is 8.40. The second kappa shape index (κ2) is 9.81. The number of benzene rings is 3. The number of amides is 1. The number of fused-ring (bicyclic) bond motifs is 5. The Morgan fingerprint density at radius 2 is 1.46 bits per heavy atom. The molecule has 202 valence electrons. The fourth-order valence-electron chi connectivity index (χ4n) is 6.67. The smallest absolute Gasteiger partial charge is 0.416 e. The first-order valence-electron chi connectivity index (χ1n) is 13.2. The number of rotatable bonds is 5. The molecule has 2 heterocycles. The van der Waals surface area contributed by atoms with Crippen LogP contribution in [-0.2, 0) is 22.1 Å². The minimum absolute atomic E-state index is 0.0126. The van der Waals surface area contributed by atoms with Gasteiger partial charge in [-0.05, 0) is 71.7 Å².